The van der Waals surface area contributed by atoms with E-state index in [0.29, 0.717) is 18.2 Å². The lowest BCUT2D eigenvalue weighted by atomic mass is 9.94. The van der Waals surface area contributed by atoms with E-state index in [2.05, 4.69) is 15.5 Å². The van der Waals surface area contributed by atoms with Gasteiger partial charge in [0.25, 0.3) is 0 Å². The quantitative estimate of drug-likeness (QED) is 0.745. The normalized spacial score (nSPS) is 29.3. The van der Waals surface area contributed by atoms with E-state index in [9.17, 15) is 14.7 Å². The van der Waals surface area contributed by atoms with Crippen molar-refractivity contribution in [1.82, 2.24) is 15.1 Å². The summed E-state index contributed by atoms with van der Waals surface area (Å²) in [5.41, 5.74) is 0.547. The highest BCUT2D eigenvalue weighted by Gasteiger charge is 2.49. The minimum absolute atomic E-state index is 0.104. The van der Waals surface area contributed by atoms with Crippen LogP contribution in [0.15, 0.2) is 12.4 Å². The Balaban J connectivity index is 1.76. The van der Waals surface area contributed by atoms with Gasteiger partial charge in [0.15, 0.2) is 0 Å². The fourth-order valence-corrected chi connectivity index (χ4v) is 3.35. The van der Waals surface area contributed by atoms with E-state index in [1.165, 1.54) is 11.1 Å². The summed E-state index contributed by atoms with van der Waals surface area (Å²) in [6.07, 6.45) is 6.03. The number of aromatic amines is 1. The number of likely N-dealkylation sites (tertiary alicyclic amines) is 1. The number of H-pyrrole nitrogens is 1. The Morgan fingerprint density at radius 2 is 2.32 bits per heavy atom. The first-order valence-electron chi connectivity index (χ1n) is 6.46. The third-order valence-electron chi connectivity index (χ3n) is 4.15. The van der Waals surface area contributed by atoms with E-state index < -0.39 is 12.0 Å². The van der Waals surface area contributed by atoms with Gasteiger partial charge in [0.1, 0.15) is 6.04 Å². The number of hydrogen-bond acceptors (Lipinski definition) is 3. The van der Waals surface area contributed by atoms with E-state index in [4.69, 9.17) is 0 Å². The largest absolute Gasteiger partial charge is 0.480 e. The van der Waals surface area contributed by atoms with Gasteiger partial charge >= 0.3 is 12.0 Å². The van der Waals surface area contributed by atoms with Crippen LogP contribution in [0.3, 0.4) is 0 Å². The van der Waals surface area contributed by atoms with Crippen molar-refractivity contribution in [1.29, 1.82) is 0 Å². The third-order valence-corrected chi connectivity index (χ3v) is 4.15. The molecule has 1 saturated carbocycles. The lowest BCUT2D eigenvalue weighted by Gasteiger charge is -2.24. The van der Waals surface area contributed by atoms with Crippen molar-refractivity contribution in [2.75, 3.05) is 11.9 Å². The number of hydrogen-bond donors (Lipinski definition) is 3. The molecule has 19 heavy (non-hydrogen) atoms. The average molecular weight is 264 g/mol. The molecule has 2 aliphatic rings. The minimum atomic E-state index is -0.906. The molecule has 3 rings (SSSR count). The molecule has 1 aliphatic heterocycles. The number of fused-ring (bicyclic) bond motifs is 1. The summed E-state index contributed by atoms with van der Waals surface area (Å²) in [5.74, 6) is -0.472. The molecule has 1 aromatic heterocycles. The molecule has 3 N–H and O–H groups in total. The zero-order chi connectivity index (χ0) is 13.4. The summed E-state index contributed by atoms with van der Waals surface area (Å²) in [6, 6.07) is -1.05. The molecule has 7 heteroatoms. The first-order valence-corrected chi connectivity index (χ1v) is 6.46. The van der Waals surface area contributed by atoms with Gasteiger partial charge in [0, 0.05) is 12.7 Å². The lowest BCUT2D eigenvalue weighted by molar-refractivity contribution is -0.142. The Hall–Kier alpha value is -2.05. The summed E-state index contributed by atoms with van der Waals surface area (Å²) < 4.78 is 0. The van der Waals surface area contributed by atoms with Crippen LogP contribution in [0.5, 0.6) is 0 Å². The Labute approximate surface area is 110 Å². The summed E-state index contributed by atoms with van der Waals surface area (Å²) in [4.78, 5) is 25.0. The van der Waals surface area contributed by atoms with Crippen LogP contribution in [0.25, 0.3) is 0 Å². The van der Waals surface area contributed by atoms with Crippen LogP contribution in [-0.2, 0) is 4.79 Å². The first-order chi connectivity index (χ1) is 9.16. The molecule has 0 radical (unpaired) electrons. The maximum absolute atomic E-state index is 12.2. The number of anilines is 1. The molecule has 2 fully saturated rings. The molecular weight excluding hydrogens is 248 g/mol. The monoisotopic (exact) mass is 264 g/mol. The van der Waals surface area contributed by atoms with Crippen LogP contribution in [0.4, 0.5) is 10.5 Å². The fourth-order valence-electron chi connectivity index (χ4n) is 3.35. The molecule has 0 spiro atoms. The van der Waals surface area contributed by atoms with Gasteiger partial charge < -0.3 is 15.3 Å². The molecule has 2 amide bonds. The fraction of sp³-hybridized carbons (Fsp3) is 0.583. The number of carbonyl (C=O) groups is 2. The number of aliphatic carboxylic acids is 1. The highest BCUT2D eigenvalue weighted by atomic mass is 16.4. The van der Waals surface area contributed by atoms with Gasteiger partial charge in [-0.2, -0.15) is 5.10 Å². The molecule has 1 saturated heterocycles. The van der Waals surface area contributed by atoms with E-state index in [-0.39, 0.29) is 11.9 Å². The van der Waals surface area contributed by atoms with E-state index >= 15 is 0 Å². The number of aromatic nitrogens is 2. The van der Waals surface area contributed by atoms with Crippen LogP contribution in [-0.4, -0.2) is 44.8 Å². The highest BCUT2D eigenvalue weighted by Crippen LogP contribution is 2.42. The first kappa shape index (κ1) is 12.0. The number of carboxylic acids is 1. The minimum Gasteiger partial charge on any atom is -0.480 e. The van der Waals surface area contributed by atoms with Crippen LogP contribution in [0, 0.1) is 11.8 Å². The van der Waals surface area contributed by atoms with E-state index in [0.717, 1.165) is 19.3 Å². The Morgan fingerprint density at radius 3 is 3.00 bits per heavy atom. The predicted molar refractivity (Wildman–Crippen MR) is 66.6 cm³/mol. The van der Waals surface area contributed by atoms with Crippen molar-refractivity contribution >= 4 is 17.7 Å². The van der Waals surface area contributed by atoms with Crippen molar-refractivity contribution in [3.05, 3.63) is 12.4 Å². The number of urea groups is 1. The average Bonchev–Trinajstić information content (AvgIpc) is 3.02. The Bertz CT molecular complexity index is 487. The molecule has 1 aromatic rings. The second-order valence-electron chi connectivity index (χ2n) is 5.21. The summed E-state index contributed by atoms with van der Waals surface area (Å²) in [7, 11) is 0. The summed E-state index contributed by atoms with van der Waals surface area (Å²) in [6.45, 7) is 0.533. The van der Waals surface area contributed by atoms with E-state index in [1.54, 1.807) is 6.20 Å². The molecule has 0 bridgehead atoms. The van der Waals surface area contributed by atoms with Crippen molar-refractivity contribution in [3.63, 3.8) is 0 Å². The Morgan fingerprint density at radius 1 is 1.47 bits per heavy atom. The van der Waals surface area contributed by atoms with E-state index in [1.807, 2.05) is 0 Å². The summed E-state index contributed by atoms with van der Waals surface area (Å²) in [5, 5.41) is 18.4. The van der Waals surface area contributed by atoms with Crippen molar-refractivity contribution in [2.24, 2.45) is 11.8 Å². The molecule has 0 aromatic carbocycles. The molecule has 3 unspecified atom stereocenters. The molecule has 3 atom stereocenters. The smallest absolute Gasteiger partial charge is 0.326 e. The molecule has 2 heterocycles. The van der Waals surface area contributed by atoms with Gasteiger partial charge in [-0.25, -0.2) is 9.59 Å². The number of nitrogens with zero attached hydrogens (tertiary/aromatic N) is 2. The van der Waals surface area contributed by atoms with Gasteiger partial charge in [-0.05, 0) is 24.7 Å². The number of amides is 2. The molecule has 7 nitrogen and oxygen atoms in total. The van der Waals surface area contributed by atoms with Crippen LogP contribution in [0.2, 0.25) is 0 Å². The van der Waals surface area contributed by atoms with Crippen LogP contribution in [0.1, 0.15) is 19.3 Å². The van der Waals surface area contributed by atoms with Crippen molar-refractivity contribution < 1.29 is 14.7 Å². The lowest BCUT2D eigenvalue weighted by Crippen LogP contribution is -2.45. The molecular formula is C12H16N4O3. The molecule has 102 valence electrons. The SMILES string of the molecule is O=C(O)C1C2CCCC2CN1C(=O)Nc1cn[nH]c1. The number of carboxylic acid groups (broad SMARTS) is 1. The van der Waals surface area contributed by atoms with Gasteiger partial charge in [-0.1, -0.05) is 6.42 Å². The third kappa shape index (κ3) is 2.05. The van der Waals surface area contributed by atoms with Crippen molar-refractivity contribution in [3.8, 4) is 0 Å². The number of carbonyl (C=O) groups excluding carboxylic acids is 1. The Kier molecular flexibility index (Phi) is 2.88. The standard InChI is InChI=1S/C12H16N4O3/c17-11(18)10-9-3-1-2-7(9)6-16(10)12(19)15-8-4-13-14-5-8/h4-5,7,9-10H,1-3,6H2,(H,13,14)(H,15,19)(H,17,18). The van der Waals surface area contributed by atoms with Gasteiger partial charge in [-0.15, -0.1) is 0 Å². The van der Waals surface area contributed by atoms with Crippen molar-refractivity contribution in [2.45, 2.75) is 25.3 Å². The zero-order valence-electron chi connectivity index (χ0n) is 10.4. The maximum atomic E-state index is 12.2. The molecule has 1 aliphatic carbocycles. The maximum Gasteiger partial charge on any atom is 0.326 e. The van der Waals surface area contributed by atoms with Crippen LogP contribution >= 0.6 is 0 Å². The van der Waals surface area contributed by atoms with Gasteiger partial charge in [0.2, 0.25) is 0 Å². The predicted octanol–water partition coefficient (Wildman–Crippen LogP) is 1.13. The van der Waals surface area contributed by atoms with Crippen LogP contribution < -0.4 is 5.32 Å². The second kappa shape index (κ2) is 4.56. The topological polar surface area (TPSA) is 98.3 Å². The number of nitrogens with one attached hydrogen (secondary N) is 2. The van der Waals surface area contributed by atoms with Gasteiger partial charge in [0.05, 0.1) is 11.9 Å². The zero-order valence-corrected chi connectivity index (χ0v) is 10.4. The second-order valence-corrected chi connectivity index (χ2v) is 5.21. The summed E-state index contributed by atoms with van der Waals surface area (Å²) >= 11 is 0. The number of rotatable bonds is 2. The highest BCUT2D eigenvalue weighted by molar-refractivity contribution is 5.92. The van der Waals surface area contributed by atoms with Gasteiger partial charge in [-0.3, -0.25) is 5.10 Å².